The van der Waals surface area contributed by atoms with Crippen molar-refractivity contribution < 1.29 is 23.8 Å². The number of esters is 1. The largest absolute Gasteiger partial charge is 0.494 e. The first-order valence-corrected chi connectivity index (χ1v) is 12.6. The highest BCUT2D eigenvalue weighted by Crippen LogP contribution is 2.17. The average Bonchev–Trinajstić information content (AvgIpc) is 2.90. The summed E-state index contributed by atoms with van der Waals surface area (Å²) in [4.78, 5) is 25.2. The first kappa shape index (κ1) is 26.8. The monoisotopic (exact) mass is 489 g/mol. The molecule has 0 aliphatic rings. The predicted octanol–water partition coefficient (Wildman–Crippen LogP) is 5.74. The summed E-state index contributed by atoms with van der Waals surface area (Å²) in [6.07, 6.45) is 3.76. The third kappa shape index (κ3) is 8.77. The molecule has 0 aromatic heterocycles. The predicted molar refractivity (Wildman–Crippen MR) is 140 cm³/mol. The number of carbonyl (C=O) groups excluding carboxylic acids is 2. The summed E-state index contributed by atoms with van der Waals surface area (Å²) >= 11 is 0. The van der Waals surface area contributed by atoms with Gasteiger partial charge in [0.05, 0.1) is 13.2 Å². The number of nitrogens with one attached hydrogen (secondary N) is 1. The summed E-state index contributed by atoms with van der Waals surface area (Å²) < 4.78 is 16.6. The summed E-state index contributed by atoms with van der Waals surface area (Å²) in [5, 5.41) is 2.62. The number of hydrogen-bond acceptors (Lipinski definition) is 5. The molecule has 0 fully saturated rings. The molecule has 0 heterocycles. The van der Waals surface area contributed by atoms with Crippen molar-refractivity contribution in [2.45, 2.75) is 52.2 Å². The molecule has 0 saturated heterocycles. The summed E-state index contributed by atoms with van der Waals surface area (Å²) in [6.45, 7) is 4.61. The minimum atomic E-state index is -1.25. The molecule has 190 valence electrons. The standard InChI is InChI=1S/C30H35NO5/c1-3-10-23-14-18-27(19-15-23)36-29(30(33)34-4-2)31-28(32)25-16-20-26(21-17-25)35-22-9-8-13-24-11-6-5-7-12-24/h5-7,11-12,14-21,29H,3-4,8-10,13,22H2,1-2H3,(H,31,32). The number of ether oxygens (including phenoxy) is 3. The van der Waals surface area contributed by atoms with Gasteiger partial charge in [-0.05, 0) is 80.1 Å². The third-order valence-corrected chi connectivity index (χ3v) is 5.57. The number of unbranched alkanes of at least 4 members (excludes halogenated alkanes) is 1. The van der Waals surface area contributed by atoms with E-state index >= 15 is 0 Å². The molecule has 0 bridgehead atoms. The van der Waals surface area contributed by atoms with Gasteiger partial charge in [0.15, 0.2) is 0 Å². The zero-order valence-corrected chi connectivity index (χ0v) is 21.1. The van der Waals surface area contributed by atoms with E-state index in [0.717, 1.165) is 32.1 Å². The van der Waals surface area contributed by atoms with E-state index in [9.17, 15) is 9.59 Å². The van der Waals surface area contributed by atoms with Gasteiger partial charge in [-0.3, -0.25) is 4.79 Å². The maximum absolute atomic E-state index is 12.8. The number of rotatable bonds is 14. The van der Waals surface area contributed by atoms with Crippen molar-refractivity contribution in [3.05, 3.63) is 95.6 Å². The van der Waals surface area contributed by atoms with E-state index in [1.165, 1.54) is 11.1 Å². The van der Waals surface area contributed by atoms with E-state index in [1.54, 1.807) is 43.3 Å². The normalized spacial score (nSPS) is 11.4. The molecule has 0 radical (unpaired) electrons. The maximum Gasteiger partial charge on any atom is 0.369 e. The van der Waals surface area contributed by atoms with Crippen molar-refractivity contribution in [2.24, 2.45) is 0 Å². The Morgan fingerprint density at radius 3 is 2.11 bits per heavy atom. The number of aryl methyl sites for hydroxylation is 2. The smallest absolute Gasteiger partial charge is 0.369 e. The molecule has 1 atom stereocenters. The molecule has 6 nitrogen and oxygen atoms in total. The van der Waals surface area contributed by atoms with Gasteiger partial charge in [-0.2, -0.15) is 0 Å². The highest BCUT2D eigenvalue weighted by Gasteiger charge is 2.25. The lowest BCUT2D eigenvalue weighted by Gasteiger charge is -2.19. The van der Waals surface area contributed by atoms with E-state index in [1.807, 2.05) is 18.2 Å². The molecule has 6 heteroatoms. The second-order valence-corrected chi connectivity index (χ2v) is 8.43. The van der Waals surface area contributed by atoms with Crippen LogP contribution in [0.3, 0.4) is 0 Å². The SMILES string of the molecule is CCCc1ccc(OC(NC(=O)c2ccc(OCCCCc3ccccc3)cc2)C(=O)OCC)cc1. The van der Waals surface area contributed by atoms with E-state index in [-0.39, 0.29) is 6.61 Å². The van der Waals surface area contributed by atoms with Crippen LogP contribution in [0.15, 0.2) is 78.9 Å². The number of carbonyl (C=O) groups is 2. The fourth-order valence-electron chi connectivity index (χ4n) is 3.68. The minimum Gasteiger partial charge on any atom is -0.494 e. The quantitative estimate of drug-likeness (QED) is 0.178. The van der Waals surface area contributed by atoms with Gasteiger partial charge >= 0.3 is 5.97 Å². The van der Waals surface area contributed by atoms with Gasteiger partial charge in [-0.1, -0.05) is 55.8 Å². The summed E-state index contributed by atoms with van der Waals surface area (Å²) in [6, 6.07) is 24.7. The topological polar surface area (TPSA) is 73.9 Å². The molecule has 1 amide bonds. The van der Waals surface area contributed by atoms with Crippen LogP contribution in [0.25, 0.3) is 0 Å². The van der Waals surface area contributed by atoms with Crippen molar-refractivity contribution >= 4 is 11.9 Å². The zero-order chi connectivity index (χ0) is 25.6. The van der Waals surface area contributed by atoms with E-state index < -0.39 is 18.1 Å². The molecule has 1 N–H and O–H groups in total. The Labute approximate surface area is 213 Å². The molecule has 0 aliphatic carbocycles. The van der Waals surface area contributed by atoms with Crippen LogP contribution in [0.5, 0.6) is 11.5 Å². The first-order valence-electron chi connectivity index (χ1n) is 12.6. The van der Waals surface area contributed by atoms with Crippen molar-refractivity contribution in [3.63, 3.8) is 0 Å². The Balaban J connectivity index is 1.50. The van der Waals surface area contributed by atoms with Gasteiger partial charge in [0.25, 0.3) is 12.1 Å². The number of benzene rings is 3. The lowest BCUT2D eigenvalue weighted by Crippen LogP contribution is -2.46. The fraction of sp³-hybridized carbons (Fsp3) is 0.333. The molecule has 0 spiro atoms. The van der Waals surface area contributed by atoms with Crippen LogP contribution in [0.4, 0.5) is 0 Å². The van der Waals surface area contributed by atoms with Crippen molar-refractivity contribution in [2.75, 3.05) is 13.2 Å². The summed E-state index contributed by atoms with van der Waals surface area (Å²) in [5.74, 6) is 0.0739. The van der Waals surface area contributed by atoms with Crippen molar-refractivity contribution in [1.82, 2.24) is 5.32 Å². The molecule has 3 aromatic carbocycles. The fourth-order valence-corrected chi connectivity index (χ4v) is 3.68. The zero-order valence-electron chi connectivity index (χ0n) is 21.1. The van der Waals surface area contributed by atoms with Crippen LogP contribution in [0.1, 0.15) is 54.6 Å². The van der Waals surface area contributed by atoms with Gasteiger partial charge in [0.2, 0.25) is 0 Å². The molecule has 3 aromatic rings. The van der Waals surface area contributed by atoms with Gasteiger partial charge < -0.3 is 19.5 Å². The van der Waals surface area contributed by atoms with Crippen molar-refractivity contribution in [3.8, 4) is 11.5 Å². The molecule has 0 saturated carbocycles. The molecule has 36 heavy (non-hydrogen) atoms. The highest BCUT2D eigenvalue weighted by atomic mass is 16.6. The Morgan fingerprint density at radius 1 is 0.778 bits per heavy atom. The lowest BCUT2D eigenvalue weighted by atomic mass is 10.1. The van der Waals surface area contributed by atoms with Crippen LogP contribution < -0.4 is 14.8 Å². The highest BCUT2D eigenvalue weighted by molar-refractivity contribution is 5.96. The van der Waals surface area contributed by atoms with Gasteiger partial charge in [0, 0.05) is 5.56 Å². The Kier molecular flexibility index (Phi) is 10.8. The maximum atomic E-state index is 12.8. The van der Waals surface area contributed by atoms with Crippen molar-refractivity contribution in [1.29, 1.82) is 0 Å². The van der Waals surface area contributed by atoms with Gasteiger partial charge in [0.1, 0.15) is 11.5 Å². The minimum absolute atomic E-state index is 0.182. The molecular weight excluding hydrogens is 454 g/mol. The number of hydrogen-bond donors (Lipinski definition) is 1. The Bertz CT molecular complexity index is 1060. The van der Waals surface area contributed by atoms with Crippen LogP contribution >= 0.6 is 0 Å². The second kappa shape index (κ2) is 14.6. The number of amides is 1. The van der Waals surface area contributed by atoms with E-state index in [4.69, 9.17) is 14.2 Å². The third-order valence-electron chi connectivity index (χ3n) is 5.57. The first-order chi connectivity index (χ1) is 17.6. The Morgan fingerprint density at radius 2 is 1.44 bits per heavy atom. The molecule has 0 aliphatic heterocycles. The van der Waals surface area contributed by atoms with Gasteiger partial charge in [-0.15, -0.1) is 0 Å². The van der Waals surface area contributed by atoms with Gasteiger partial charge in [-0.25, -0.2) is 4.79 Å². The molecule has 3 rings (SSSR count). The summed E-state index contributed by atoms with van der Waals surface area (Å²) in [7, 11) is 0. The van der Waals surface area contributed by atoms with Crippen LogP contribution in [-0.2, 0) is 22.4 Å². The Hall–Kier alpha value is -3.80. The molecule has 1 unspecified atom stereocenters. The van der Waals surface area contributed by atoms with Crippen LogP contribution in [-0.4, -0.2) is 31.3 Å². The van der Waals surface area contributed by atoms with E-state index in [2.05, 4.69) is 36.5 Å². The lowest BCUT2D eigenvalue weighted by molar-refractivity contribution is -0.152. The van der Waals surface area contributed by atoms with Crippen LogP contribution in [0, 0.1) is 0 Å². The summed E-state index contributed by atoms with van der Waals surface area (Å²) in [5.41, 5.74) is 2.90. The second-order valence-electron chi connectivity index (χ2n) is 8.43. The van der Waals surface area contributed by atoms with Crippen LogP contribution in [0.2, 0.25) is 0 Å². The molecular formula is C30H35NO5. The van der Waals surface area contributed by atoms with E-state index in [0.29, 0.717) is 23.7 Å². The average molecular weight is 490 g/mol.